The van der Waals surface area contributed by atoms with Crippen LogP contribution in [0, 0.1) is 0 Å². The molecule has 25 heavy (non-hydrogen) atoms. The molecule has 7 heteroatoms. The highest BCUT2D eigenvalue weighted by Crippen LogP contribution is 2.26. The van der Waals surface area contributed by atoms with E-state index < -0.39 is 6.10 Å². The SMILES string of the molecule is CCOc1cc(/C=N/NC(=O)[C@@H](C)Oc2cccc(Br)c2)ccc1O. The van der Waals surface area contributed by atoms with Crippen LogP contribution in [0.3, 0.4) is 0 Å². The molecule has 0 saturated heterocycles. The lowest BCUT2D eigenvalue weighted by atomic mass is 10.2. The smallest absolute Gasteiger partial charge is 0.280 e. The fraction of sp³-hybridized carbons (Fsp3) is 0.222. The minimum absolute atomic E-state index is 0.0547. The van der Waals surface area contributed by atoms with E-state index in [-0.39, 0.29) is 11.7 Å². The second-order valence-corrected chi connectivity index (χ2v) is 6.03. The molecule has 0 aliphatic rings. The molecule has 1 amide bonds. The van der Waals surface area contributed by atoms with Crippen LogP contribution in [0.25, 0.3) is 0 Å². The number of nitrogens with zero attached hydrogens (tertiary/aromatic N) is 1. The molecule has 6 nitrogen and oxygen atoms in total. The van der Waals surface area contributed by atoms with Gasteiger partial charge in [-0.1, -0.05) is 22.0 Å². The minimum Gasteiger partial charge on any atom is -0.504 e. The first-order chi connectivity index (χ1) is 12.0. The summed E-state index contributed by atoms with van der Waals surface area (Å²) in [6.07, 6.45) is 0.761. The minimum atomic E-state index is -0.703. The van der Waals surface area contributed by atoms with Crippen LogP contribution in [-0.2, 0) is 4.79 Å². The van der Waals surface area contributed by atoms with E-state index >= 15 is 0 Å². The first-order valence-electron chi connectivity index (χ1n) is 7.70. The summed E-state index contributed by atoms with van der Waals surface area (Å²) in [6.45, 7) is 3.90. The largest absolute Gasteiger partial charge is 0.504 e. The van der Waals surface area contributed by atoms with E-state index in [1.807, 2.05) is 19.1 Å². The highest BCUT2D eigenvalue weighted by atomic mass is 79.9. The topological polar surface area (TPSA) is 80.2 Å². The van der Waals surface area contributed by atoms with E-state index in [1.165, 1.54) is 12.3 Å². The average Bonchev–Trinajstić information content (AvgIpc) is 2.58. The van der Waals surface area contributed by atoms with Crippen molar-refractivity contribution in [2.24, 2.45) is 5.10 Å². The Morgan fingerprint density at radius 1 is 1.36 bits per heavy atom. The Labute approximate surface area is 154 Å². The molecule has 0 radical (unpaired) electrons. The zero-order valence-corrected chi connectivity index (χ0v) is 15.5. The van der Waals surface area contributed by atoms with E-state index in [2.05, 4.69) is 26.5 Å². The Bertz CT molecular complexity index is 764. The first kappa shape index (κ1) is 18.8. The normalized spacial score (nSPS) is 12.0. The molecule has 2 rings (SSSR count). The molecular formula is C18H19BrN2O4. The van der Waals surface area contributed by atoms with Gasteiger partial charge in [0.1, 0.15) is 5.75 Å². The number of hydrazone groups is 1. The molecule has 0 aromatic heterocycles. The number of hydrogen-bond acceptors (Lipinski definition) is 5. The molecule has 0 bridgehead atoms. The summed E-state index contributed by atoms with van der Waals surface area (Å²) in [7, 11) is 0. The van der Waals surface area contributed by atoms with Gasteiger partial charge in [0.25, 0.3) is 5.91 Å². The van der Waals surface area contributed by atoms with Gasteiger partial charge >= 0.3 is 0 Å². The summed E-state index contributed by atoms with van der Waals surface area (Å²) in [4.78, 5) is 12.0. The highest BCUT2D eigenvalue weighted by Gasteiger charge is 2.14. The van der Waals surface area contributed by atoms with Crippen molar-refractivity contribution in [1.29, 1.82) is 0 Å². The molecule has 0 heterocycles. The number of carbonyl (C=O) groups is 1. The van der Waals surface area contributed by atoms with Crippen LogP contribution in [0.15, 0.2) is 52.0 Å². The molecule has 0 spiro atoms. The van der Waals surface area contributed by atoms with Gasteiger partial charge in [-0.05, 0) is 55.8 Å². The number of hydrogen-bond donors (Lipinski definition) is 2. The second kappa shape index (κ2) is 9.08. The van der Waals surface area contributed by atoms with E-state index in [0.717, 1.165) is 4.47 Å². The van der Waals surface area contributed by atoms with Crippen LogP contribution >= 0.6 is 15.9 Å². The van der Waals surface area contributed by atoms with E-state index in [0.29, 0.717) is 23.7 Å². The molecule has 2 N–H and O–H groups in total. The van der Waals surface area contributed by atoms with Crippen molar-refractivity contribution in [3.8, 4) is 17.2 Å². The molecule has 1 atom stereocenters. The van der Waals surface area contributed by atoms with Gasteiger partial charge in [0.05, 0.1) is 12.8 Å². The third-order valence-electron chi connectivity index (χ3n) is 3.15. The Morgan fingerprint density at radius 3 is 2.88 bits per heavy atom. The van der Waals surface area contributed by atoms with Crippen molar-refractivity contribution in [2.45, 2.75) is 20.0 Å². The van der Waals surface area contributed by atoms with Gasteiger partial charge in [0, 0.05) is 4.47 Å². The maximum absolute atomic E-state index is 12.0. The number of ether oxygens (including phenoxy) is 2. The van der Waals surface area contributed by atoms with Crippen molar-refractivity contribution in [3.05, 3.63) is 52.5 Å². The van der Waals surface area contributed by atoms with Crippen molar-refractivity contribution < 1.29 is 19.4 Å². The van der Waals surface area contributed by atoms with Crippen LogP contribution in [0.2, 0.25) is 0 Å². The lowest BCUT2D eigenvalue weighted by Gasteiger charge is -2.13. The number of amides is 1. The summed E-state index contributed by atoms with van der Waals surface area (Å²) in [5, 5.41) is 13.6. The molecule has 132 valence electrons. The number of phenols is 1. The fourth-order valence-corrected chi connectivity index (χ4v) is 2.32. The Kier molecular flexibility index (Phi) is 6.82. The molecule has 0 aliphatic heterocycles. The number of phenolic OH excluding ortho intramolecular Hbond substituents is 1. The Balaban J connectivity index is 1.92. The van der Waals surface area contributed by atoms with Crippen molar-refractivity contribution >= 4 is 28.1 Å². The number of aromatic hydroxyl groups is 1. The van der Waals surface area contributed by atoms with Crippen molar-refractivity contribution in [1.82, 2.24) is 5.43 Å². The molecule has 2 aromatic carbocycles. The standard InChI is InChI=1S/C18H19BrN2O4/c1-3-24-17-9-13(7-8-16(17)22)11-20-21-18(23)12(2)25-15-6-4-5-14(19)10-15/h4-12,22H,3H2,1-2H3,(H,21,23)/b20-11+/t12-/m1/s1. The number of carbonyl (C=O) groups excluding carboxylic acids is 1. The molecule has 0 aliphatic carbocycles. The van der Waals surface area contributed by atoms with Gasteiger partial charge in [0.2, 0.25) is 0 Å². The van der Waals surface area contributed by atoms with Crippen LogP contribution in [0.4, 0.5) is 0 Å². The zero-order chi connectivity index (χ0) is 18.2. The van der Waals surface area contributed by atoms with Crippen LogP contribution in [-0.4, -0.2) is 29.9 Å². The van der Waals surface area contributed by atoms with Gasteiger partial charge in [-0.2, -0.15) is 5.10 Å². The maximum Gasteiger partial charge on any atom is 0.280 e. The summed E-state index contributed by atoms with van der Waals surface area (Å²) >= 11 is 3.35. The van der Waals surface area contributed by atoms with E-state index in [9.17, 15) is 9.90 Å². The number of benzene rings is 2. The van der Waals surface area contributed by atoms with Crippen molar-refractivity contribution in [2.75, 3.05) is 6.61 Å². The fourth-order valence-electron chi connectivity index (χ4n) is 1.94. The van der Waals surface area contributed by atoms with Crippen molar-refractivity contribution in [3.63, 3.8) is 0 Å². The molecule has 2 aromatic rings. The number of rotatable bonds is 7. The van der Waals surface area contributed by atoms with Crippen LogP contribution in [0.1, 0.15) is 19.4 Å². The summed E-state index contributed by atoms with van der Waals surface area (Å²) in [6, 6.07) is 12.0. The third-order valence-corrected chi connectivity index (χ3v) is 3.64. The molecule has 0 unspecified atom stereocenters. The van der Waals surface area contributed by atoms with Gasteiger partial charge in [0.15, 0.2) is 17.6 Å². The lowest BCUT2D eigenvalue weighted by molar-refractivity contribution is -0.127. The first-order valence-corrected chi connectivity index (χ1v) is 8.50. The summed E-state index contributed by atoms with van der Waals surface area (Å²) in [5.41, 5.74) is 3.10. The predicted octanol–water partition coefficient (Wildman–Crippen LogP) is 3.47. The zero-order valence-electron chi connectivity index (χ0n) is 13.9. The molecular weight excluding hydrogens is 388 g/mol. The Morgan fingerprint density at radius 2 is 2.16 bits per heavy atom. The monoisotopic (exact) mass is 406 g/mol. The van der Waals surface area contributed by atoms with Gasteiger partial charge in [-0.15, -0.1) is 0 Å². The molecule has 0 fully saturated rings. The van der Waals surface area contributed by atoms with E-state index in [1.54, 1.807) is 31.2 Å². The number of nitrogens with one attached hydrogen (secondary N) is 1. The predicted molar refractivity (Wildman–Crippen MR) is 99.2 cm³/mol. The average molecular weight is 407 g/mol. The van der Waals surface area contributed by atoms with Gasteiger partial charge in [-0.3, -0.25) is 4.79 Å². The highest BCUT2D eigenvalue weighted by molar-refractivity contribution is 9.10. The Hall–Kier alpha value is -2.54. The number of halogens is 1. The second-order valence-electron chi connectivity index (χ2n) is 5.11. The molecule has 0 saturated carbocycles. The lowest BCUT2D eigenvalue weighted by Crippen LogP contribution is -2.33. The van der Waals surface area contributed by atoms with Gasteiger partial charge in [-0.25, -0.2) is 5.43 Å². The quantitative estimate of drug-likeness (QED) is 0.544. The summed E-state index contributed by atoms with van der Waals surface area (Å²) in [5.74, 6) is 0.629. The van der Waals surface area contributed by atoms with Crippen LogP contribution < -0.4 is 14.9 Å². The van der Waals surface area contributed by atoms with E-state index in [4.69, 9.17) is 9.47 Å². The van der Waals surface area contributed by atoms with Gasteiger partial charge < -0.3 is 14.6 Å². The summed E-state index contributed by atoms with van der Waals surface area (Å²) < 4.78 is 11.7. The third kappa shape index (κ3) is 5.79. The maximum atomic E-state index is 12.0. The van der Waals surface area contributed by atoms with Crippen LogP contribution in [0.5, 0.6) is 17.2 Å².